The Kier molecular flexibility index (Phi) is 6.77. The van der Waals surface area contributed by atoms with Crippen molar-refractivity contribution in [2.45, 2.75) is 25.9 Å². The number of nitrogens with zero attached hydrogens (tertiary/aromatic N) is 4. The Bertz CT molecular complexity index is 1300. The van der Waals surface area contributed by atoms with Gasteiger partial charge in [0.15, 0.2) is 5.65 Å². The average Bonchev–Trinajstić information content (AvgIpc) is 3.25. The molecule has 1 amide bonds. The standard InChI is InChI=1S/C24H24FN5O3/c1-33-20-9-4-17(5-10-20)6-11-22(31)26-12-13-30-23-21(14-28-30)24(32)29(16-27-23)15-18-2-7-19(25)8-3-18/h2-5,7-10,14,16H,6,11-13,15H2,1H3,(H,26,31). The minimum Gasteiger partial charge on any atom is -0.497 e. The molecule has 9 heteroatoms. The number of rotatable bonds is 9. The Morgan fingerprint density at radius 1 is 1.09 bits per heavy atom. The molecule has 4 aromatic rings. The first kappa shape index (κ1) is 22.2. The second-order valence-corrected chi connectivity index (χ2v) is 7.61. The number of hydrogen-bond acceptors (Lipinski definition) is 5. The van der Waals surface area contributed by atoms with Gasteiger partial charge in [-0.2, -0.15) is 5.10 Å². The minimum atomic E-state index is -0.325. The number of carbonyl (C=O) groups is 1. The molecule has 170 valence electrons. The van der Waals surface area contributed by atoms with Crippen LogP contribution < -0.4 is 15.6 Å². The highest BCUT2D eigenvalue weighted by molar-refractivity contribution is 5.76. The van der Waals surface area contributed by atoms with Gasteiger partial charge in [0.1, 0.15) is 23.3 Å². The summed E-state index contributed by atoms with van der Waals surface area (Å²) < 4.78 is 21.3. The number of benzene rings is 2. The van der Waals surface area contributed by atoms with E-state index >= 15 is 0 Å². The molecule has 0 fully saturated rings. The number of aryl methyl sites for hydroxylation is 1. The highest BCUT2D eigenvalue weighted by atomic mass is 19.1. The van der Waals surface area contributed by atoms with Crippen molar-refractivity contribution in [1.29, 1.82) is 0 Å². The normalized spacial score (nSPS) is 11.0. The smallest absolute Gasteiger partial charge is 0.264 e. The first-order valence-electron chi connectivity index (χ1n) is 10.6. The fraction of sp³-hybridized carbons (Fsp3) is 0.250. The van der Waals surface area contributed by atoms with E-state index in [9.17, 15) is 14.0 Å². The lowest BCUT2D eigenvalue weighted by Gasteiger charge is -2.08. The largest absolute Gasteiger partial charge is 0.497 e. The maximum atomic E-state index is 13.1. The summed E-state index contributed by atoms with van der Waals surface area (Å²) in [6, 6.07) is 13.6. The van der Waals surface area contributed by atoms with Crippen molar-refractivity contribution < 1.29 is 13.9 Å². The summed E-state index contributed by atoms with van der Waals surface area (Å²) in [6.45, 7) is 1.06. The summed E-state index contributed by atoms with van der Waals surface area (Å²) in [5, 5.41) is 7.52. The van der Waals surface area contributed by atoms with E-state index in [4.69, 9.17) is 4.74 Å². The van der Waals surface area contributed by atoms with E-state index in [1.165, 1.54) is 29.2 Å². The minimum absolute atomic E-state index is 0.0584. The van der Waals surface area contributed by atoms with Crippen molar-refractivity contribution in [3.63, 3.8) is 0 Å². The number of halogens is 1. The molecule has 4 rings (SSSR count). The molecule has 0 aliphatic rings. The van der Waals surface area contributed by atoms with Crippen LogP contribution >= 0.6 is 0 Å². The van der Waals surface area contributed by atoms with Crippen LogP contribution in [-0.4, -0.2) is 38.9 Å². The van der Waals surface area contributed by atoms with E-state index in [1.807, 2.05) is 24.3 Å². The fourth-order valence-corrected chi connectivity index (χ4v) is 3.50. The number of ether oxygens (including phenoxy) is 1. The Balaban J connectivity index is 1.32. The Labute approximate surface area is 189 Å². The first-order valence-corrected chi connectivity index (χ1v) is 10.6. The number of carbonyl (C=O) groups excluding carboxylic acids is 1. The van der Waals surface area contributed by atoms with Gasteiger partial charge in [-0.25, -0.2) is 14.1 Å². The van der Waals surface area contributed by atoms with Gasteiger partial charge in [-0.15, -0.1) is 0 Å². The van der Waals surface area contributed by atoms with Crippen LogP contribution in [0.2, 0.25) is 0 Å². The lowest BCUT2D eigenvalue weighted by molar-refractivity contribution is -0.121. The van der Waals surface area contributed by atoms with Gasteiger partial charge in [0, 0.05) is 13.0 Å². The molecule has 0 unspecified atom stereocenters. The van der Waals surface area contributed by atoms with Crippen LogP contribution in [-0.2, 0) is 24.3 Å². The van der Waals surface area contributed by atoms with E-state index in [0.29, 0.717) is 37.0 Å². The molecule has 0 aliphatic carbocycles. The molecule has 0 saturated heterocycles. The molecule has 2 heterocycles. The van der Waals surface area contributed by atoms with E-state index in [-0.39, 0.29) is 23.8 Å². The predicted octanol–water partition coefficient (Wildman–Crippen LogP) is 2.54. The van der Waals surface area contributed by atoms with Gasteiger partial charge in [0.2, 0.25) is 5.91 Å². The maximum absolute atomic E-state index is 13.1. The number of fused-ring (bicyclic) bond motifs is 1. The topological polar surface area (TPSA) is 91.0 Å². The lowest BCUT2D eigenvalue weighted by Crippen LogP contribution is -2.28. The summed E-state index contributed by atoms with van der Waals surface area (Å²) in [5.41, 5.74) is 2.09. The molecule has 1 N–H and O–H groups in total. The molecule has 0 bridgehead atoms. The Morgan fingerprint density at radius 3 is 2.55 bits per heavy atom. The van der Waals surface area contributed by atoms with Crippen molar-refractivity contribution >= 4 is 16.9 Å². The molecule has 2 aromatic heterocycles. The maximum Gasteiger partial charge on any atom is 0.264 e. The number of methoxy groups -OCH3 is 1. The highest BCUT2D eigenvalue weighted by Crippen LogP contribution is 2.12. The van der Waals surface area contributed by atoms with Gasteiger partial charge in [-0.3, -0.25) is 14.2 Å². The summed E-state index contributed by atoms with van der Waals surface area (Å²) in [5.74, 6) is 0.399. The third-order valence-electron chi connectivity index (χ3n) is 5.33. The van der Waals surface area contributed by atoms with Crippen molar-refractivity contribution in [1.82, 2.24) is 24.6 Å². The number of nitrogens with one attached hydrogen (secondary N) is 1. The van der Waals surface area contributed by atoms with Gasteiger partial charge in [0.05, 0.1) is 26.4 Å². The summed E-state index contributed by atoms with van der Waals surface area (Å²) in [6.07, 6.45) is 3.95. The van der Waals surface area contributed by atoms with Crippen LogP contribution in [0.15, 0.2) is 65.8 Å². The van der Waals surface area contributed by atoms with E-state index in [2.05, 4.69) is 15.4 Å². The van der Waals surface area contributed by atoms with E-state index < -0.39 is 0 Å². The van der Waals surface area contributed by atoms with Gasteiger partial charge in [0.25, 0.3) is 5.56 Å². The van der Waals surface area contributed by atoms with Crippen LogP contribution in [0.4, 0.5) is 4.39 Å². The van der Waals surface area contributed by atoms with Crippen molar-refractivity contribution in [3.05, 3.63) is 88.4 Å². The molecule has 33 heavy (non-hydrogen) atoms. The summed E-state index contributed by atoms with van der Waals surface area (Å²) in [4.78, 5) is 29.3. The first-order chi connectivity index (χ1) is 16.0. The van der Waals surface area contributed by atoms with Gasteiger partial charge in [-0.1, -0.05) is 24.3 Å². The molecule has 8 nitrogen and oxygen atoms in total. The van der Waals surface area contributed by atoms with Gasteiger partial charge < -0.3 is 10.1 Å². The molecule has 0 radical (unpaired) electrons. The van der Waals surface area contributed by atoms with Crippen LogP contribution in [0, 0.1) is 5.82 Å². The van der Waals surface area contributed by atoms with Crippen molar-refractivity contribution in [2.24, 2.45) is 0 Å². The summed E-state index contributed by atoms with van der Waals surface area (Å²) >= 11 is 0. The van der Waals surface area contributed by atoms with Gasteiger partial charge in [-0.05, 0) is 41.8 Å². The second-order valence-electron chi connectivity index (χ2n) is 7.61. The van der Waals surface area contributed by atoms with Crippen LogP contribution in [0.1, 0.15) is 17.5 Å². The second kappa shape index (κ2) is 10.1. The van der Waals surface area contributed by atoms with E-state index in [0.717, 1.165) is 16.9 Å². The lowest BCUT2D eigenvalue weighted by atomic mass is 10.1. The number of aromatic nitrogens is 4. The third kappa shape index (κ3) is 5.43. The number of hydrogen-bond donors (Lipinski definition) is 1. The van der Waals surface area contributed by atoms with E-state index in [1.54, 1.807) is 23.9 Å². The molecular formula is C24H24FN5O3. The highest BCUT2D eigenvalue weighted by Gasteiger charge is 2.11. The van der Waals surface area contributed by atoms with Gasteiger partial charge >= 0.3 is 0 Å². The quantitative estimate of drug-likeness (QED) is 0.424. The molecular weight excluding hydrogens is 425 g/mol. The zero-order chi connectivity index (χ0) is 23.2. The fourth-order valence-electron chi connectivity index (χ4n) is 3.50. The molecule has 0 aliphatic heterocycles. The SMILES string of the molecule is COc1ccc(CCC(=O)NCCn2ncc3c(=O)n(Cc4ccc(F)cc4)cnc32)cc1. The summed E-state index contributed by atoms with van der Waals surface area (Å²) in [7, 11) is 1.62. The molecule has 2 aromatic carbocycles. The molecule has 0 spiro atoms. The van der Waals surface area contributed by atoms with Crippen molar-refractivity contribution in [3.8, 4) is 5.75 Å². The number of amides is 1. The zero-order valence-electron chi connectivity index (χ0n) is 18.2. The molecule has 0 saturated carbocycles. The Hall–Kier alpha value is -4.01. The third-order valence-corrected chi connectivity index (χ3v) is 5.33. The van der Waals surface area contributed by atoms with Crippen LogP contribution in [0.5, 0.6) is 5.75 Å². The predicted molar refractivity (Wildman–Crippen MR) is 122 cm³/mol. The van der Waals surface area contributed by atoms with Crippen molar-refractivity contribution in [2.75, 3.05) is 13.7 Å². The van der Waals surface area contributed by atoms with Crippen LogP contribution in [0.3, 0.4) is 0 Å². The Morgan fingerprint density at radius 2 is 1.82 bits per heavy atom. The zero-order valence-corrected chi connectivity index (χ0v) is 18.2. The monoisotopic (exact) mass is 449 g/mol. The molecule has 0 atom stereocenters. The van der Waals surface area contributed by atoms with Crippen LogP contribution in [0.25, 0.3) is 11.0 Å². The average molecular weight is 449 g/mol.